The summed E-state index contributed by atoms with van der Waals surface area (Å²) < 4.78 is 0. The van der Waals surface area contributed by atoms with Gasteiger partial charge < -0.3 is 10.6 Å². The maximum atomic E-state index is 12.6. The highest BCUT2D eigenvalue weighted by atomic mass is 35.5. The molecule has 0 aliphatic carbocycles. The van der Waals surface area contributed by atoms with Crippen LogP contribution in [0.15, 0.2) is 66.9 Å². The van der Waals surface area contributed by atoms with Crippen molar-refractivity contribution in [2.45, 2.75) is 6.92 Å². The van der Waals surface area contributed by atoms with Crippen molar-refractivity contribution in [3.63, 3.8) is 0 Å². The molecule has 0 atom stereocenters. The lowest BCUT2D eigenvalue weighted by Gasteiger charge is -2.12. The molecular weight excluding hydrogens is 350 g/mol. The predicted octanol–water partition coefficient (Wildman–Crippen LogP) is 4.55. The number of rotatable bonds is 4. The van der Waals surface area contributed by atoms with E-state index in [1.807, 2.05) is 31.2 Å². The normalized spacial score (nSPS) is 10.2. The monoisotopic (exact) mass is 365 g/mol. The van der Waals surface area contributed by atoms with Crippen LogP contribution in [-0.2, 0) is 0 Å². The number of para-hydroxylation sites is 1. The van der Waals surface area contributed by atoms with Gasteiger partial charge in [0.2, 0.25) is 0 Å². The predicted molar refractivity (Wildman–Crippen MR) is 103 cm³/mol. The summed E-state index contributed by atoms with van der Waals surface area (Å²) in [4.78, 5) is 28.9. The topological polar surface area (TPSA) is 71.1 Å². The maximum Gasteiger partial charge on any atom is 0.257 e. The number of hydrogen-bond acceptors (Lipinski definition) is 3. The fraction of sp³-hybridized carbons (Fsp3) is 0.0500. The molecule has 2 amide bonds. The second-order valence-corrected chi connectivity index (χ2v) is 6.08. The zero-order valence-electron chi connectivity index (χ0n) is 14.0. The van der Waals surface area contributed by atoms with Crippen LogP contribution in [0.5, 0.6) is 0 Å². The van der Waals surface area contributed by atoms with Crippen LogP contribution in [0.3, 0.4) is 0 Å². The number of pyridine rings is 1. The van der Waals surface area contributed by atoms with E-state index in [0.717, 1.165) is 5.56 Å². The van der Waals surface area contributed by atoms with Gasteiger partial charge in [-0.25, -0.2) is 4.98 Å². The molecule has 130 valence electrons. The van der Waals surface area contributed by atoms with Crippen molar-refractivity contribution in [3.8, 4) is 0 Å². The van der Waals surface area contributed by atoms with Crippen LogP contribution in [0.4, 0.5) is 11.4 Å². The quantitative estimate of drug-likeness (QED) is 0.666. The SMILES string of the molecule is Cc1cccc(NC(=O)c2ccccc2NC(=O)c2ccc(Cl)nc2)c1. The van der Waals surface area contributed by atoms with E-state index in [-0.39, 0.29) is 11.8 Å². The molecule has 3 aromatic rings. The molecule has 0 unspecified atom stereocenters. The van der Waals surface area contributed by atoms with Crippen molar-refractivity contribution >= 4 is 34.8 Å². The van der Waals surface area contributed by atoms with Gasteiger partial charge in [-0.1, -0.05) is 35.9 Å². The van der Waals surface area contributed by atoms with E-state index in [1.54, 1.807) is 30.3 Å². The van der Waals surface area contributed by atoms with E-state index in [2.05, 4.69) is 15.6 Å². The van der Waals surface area contributed by atoms with Crippen LogP contribution >= 0.6 is 11.6 Å². The van der Waals surface area contributed by atoms with Crippen molar-refractivity contribution < 1.29 is 9.59 Å². The number of benzene rings is 2. The number of aromatic nitrogens is 1. The molecule has 0 radical (unpaired) electrons. The minimum Gasteiger partial charge on any atom is -0.322 e. The standard InChI is InChI=1S/C20H16ClN3O2/c1-13-5-4-6-15(11-13)23-20(26)16-7-2-3-8-17(16)24-19(25)14-9-10-18(21)22-12-14/h2-12H,1H3,(H,23,26)(H,24,25). The fourth-order valence-corrected chi connectivity index (χ4v) is 2.53. The Bertz CT molecular complexity index is 955. The van der Waals surface area contributed by atoms with Crippen molar-refractivity contribution in [3.05, 3.63) is 88.7 Å². The van der Waals surface area contributed by atoms with Crippen LogP contribution in [-0.4, -0.2) is 16.8 Å². The molecule has 0 saturated carbocycles. The average Bonchev–Trinajstić information content (AvgIpc) is 2.62. The molecule has 5 nitrogen and oxygen atoms in total. The summed E-state index contributed by atoms with van der Waals surface area (Å²) in [5.41, 5.74) is 2.86. The first-order valence-corrected chi connectivity index (χ1v) is 8.31. The molecule has 0 bridgehead atoms. The van der Waals surface area contributed by atoms with E-state index in [4.69, 9.17) is 11.6 Å². The lowest BCUT2D eigenvalue weighted by molar-refractivity contribution is 0.102. The van der Waals surface area contributed by atoms with Gasteiger partial charge in [0.25, 0.3) is 11.8 Å². The summed E-state index contributed by atoms with van der Waals surface area (Å²) in [5, 5.41) is 5.89. The summed E-state index contributed by atoms with van der Waals surface area (Å²) in [6.45, 7) is 1.95. The molecule has 0 aliphatic rings. The van der Waals surface area contributed by atoms with E-state index in [9.17, 15) is 9.59 Å². The van der Waals surface area contributed by atoms with Crippen molar-refractivity contribution in [1.82, 2.24) is 4.98 Å². The molecule has 6 heteroatoms. The van der Waals surface area contributed by atoms with Gasteiger partial charge in [-0.2, -0.15) is 0 Å². The highest BCUT2D eigenvalue weighted by Crippen LogP contribution is 2.19. The summed E-state index contributed by atoms with van der Waals surface area (Å²) in [5.74, 6) is -0.675. The Balaban J connectivity index is 1.80. The molecule has 0 spiro atoms. The molecule has 0 aliphatic heterocycles. The average molecular weight is 366 g/mol. The van der Waals surface area contributed by atoms with Crippen molar-refractivity contribution in [2.24, 2.45) is 0 Å². The first-order chi connectivity index (χ1) is 12.5. The largest absolute Gasteiger partial charge is 0.322 e. The van der Waals surface area contributed by atoms with Gasteiger partial charge >= 0.3 is 0 Å². The zero-order valence-corrected chi connectivity index (χ0v) is 14.7. The summed E-state index contributed by atoms with van der Waals surface area (Å²) in [6, 6.07) is 17.4. The smallest absolute Gasteiger partial charge is 0.257 e. The lowest BCUT2D eigenvalue weighted by Crippen LogP contribution is -2.18. The molecule has 1 heterocycles. The number of carbonyl (C=O) groups excluding carboxylic acids is 2. The first kappa shape index (κ1) is 17.6. The van der Waals surface area contributed by atoms with Gasteiger partial charge in [0.1, 0.15) is 5.15 Å². The number of halogens is 1. The van der Waals surface area contributed by atoms with Crippen LogP contribution < -0.4 is 10.6 Å². The molecule has 2 N–H and O–H groups in total. The number of carbonyl (C=O) groups is 2. The number of aryl methyl sites for hydroxylation is 1. The van der Waals surface area contributed by atoms with Gasteiger partial charge in [0.15, 0.2) is 0 Å². The third-order valence-electron chi connectivity index (χ3n) is 3.69. The van der Waals surface area contributed by atoms with Crippen LogP contribution in [0, 0.1) is 6.92 Å². The van der Waals surface area contributed by atoms with Crippen LogP contribution in [0.2, 0.25) is 5.15 Å². The van der Waals surface area contributed by atoms with E-state index in [1.165, 1.54) is 12.3 Å². The van der Waals surface area contributed by atoms with Crippen LogP contribution in [0.1, 0.15) is 26.3 Å². The first-order valence-electron chi connectivity index (χ1n) is 7.93. The van der Waals surface area contributed by atoms with Gasteiger partial charge in [-0.15, -0.1) is 0 Å². The van der Waals surface area contributed by atoms with Crippen molar-refractivity contribution in [2.75, 3.05) is 10.6 Å². The number of hydrogen-bond donors (Lipinski definition) is 2. The Hall–Kier alpha value is -3.18. The third-order valence-corrected chi connectivity index (χ3v) is 3.91. The Labute approximate surface area is 156 Å². The molecule has 0 fully saturated rings. The Morgan fingerprint density at radius 3 is 2.46 bits per heavy atom. The number of nitrogens with one attached hydrogen (secondary N) is 2. The lowest BCUT2D eigenvalue weighted by atomic mass is 10.1. The molecule has 0 saturated heterocycles. The molecular formula is C20H16ClN3O2. The highest BCUT2D eigenvalue weighted by Gasteiger charge is 2.14. The van der Waals surface area contributed by atoms with Crippen LogP contribution in [0.25, 0.3) is 0 Å². The Morgan fingerprint density at radius 1 is 0.923 bits per heavy atom. The summed E-state index contributed by atoms with van der Waals surface area (Å²) >= 11 is 5.74. The van der Waals surface area contributed by atoms with Crippen molar-refractivity contribution in [1.29, 1.82) is 0 Å². The molecule has 1 aromatic heterocycles. The summed E-state index contributed by atoms with van der Waals surface area (Å²) in [7, 11) is 0. The number of amides is 2. The van der Waals surface area contributed by atoms with Gasteiger partial charge in [0, 0.05) is 11.9 Å². The van der Waals surface area contributed by atoms with Gasteiger partial charge in [-0.3, -0.25) is 9.59 Å². The van der Waals surface area contributed by atoms with E-state index < -0.39 is 0 Å². The third kappa shape index (κ3) is 4.26. The number of anilines is 2. The minimum atomic E-state index is -0.370. The number of nitrogens with zero attached hydrogens (tertiary/aromatic N) is 1. The Morgan fingerprint density at radius 2 is 1.73 bits per heavy atom. The minimum absolute atomic E-state index is 0.305. The van der Waals surface area contributed by atoms with Gasteiger partial charge in [0.05, 0.1) is 16.8 Å². The maximum absolute atomic E-state index is 12.6. The zero-order chi connectivity index (χ0) is 18.5. The highest BCUT2D eigenvalue weighted by molar-refractivity contribution is 6.29. The molecule has 26 heavy (non-hydrogen) atoms. The molecule has 3 rings (SSSR count). The Kier molecular flexibility index (Phi) is 5.29. The summed E-state index contributed by atoms with van der Waals surface area (Å²) in [6.07, 6.45) is 1.38. The second-order valence-electron chi connectivity index (χ2n) is 5.69. The van der Waals surface area contributed by atoms with E-state index >= 15 is 0 Å². The molecule has 2 aromatic carbocycles. The van der Waals surface area contributed by atoms with Gasteiger partial charge in [-0.05, 0) is 48.9 Å². The fourth-order valence-electron chi connectivity index (χ4n) is 2.42. The second kappa shape index (κ2) is 7.80. The van der Waals surface area contributed by atoms with E-state index in [0.29, 0.717) is 27.7 Å².